The Morgan fingerprint density at radius 2 is 2.00 bits per heavy atom. The summed E-state index contributed by atoms with van der Waals surface area (Å²) in [7, 11) is 0. The predicted molar refractivity (Wildman–Crippen MR) is 41.8 cm³/mol. The first-order valence-corrected chi connectivity index (χ1v) is 3.70. The minimum atomic E-state index is -4.33. The lowest BCUT2D eigenvalue weighted by Crippen LogP contribution is -2.10. The van der Waals surface area contributed by atoms with E-state index in [1.165, 1.54) is 6.07 Å². The van der Waals surface area contributed by atoms with Crippen molar-refractivity contribution in [3.8, 4) is 0 Å². The summed E-state index contributed by atoms with van der Waals surface area (Å²) >= 11 is 0. The zero-order valence-corrected chi connectivity index (χ0v) is 6.97. The summed E-state index contributed by atoms with van der Waals surface area (Å²) < 4.78 is 36.1. The molecular weight excluding hydrogens is 181 g/mol. The average Bonchev–Trinajstić information content (AvgIpc) is 2.03. The normalized spacial score (nSPS) is 14.2. The third-order valence-electron chi connectivity index (χ3n) is 1.58. The summed E-state index contributed by atoms with van der Waals surface area (Å²) in [6.07, 6.45) is -3.54. The summed E-state index contributed by atoms with van der Waals surface area (Å²) in [5.74, 6) is 0. The molecule has 0 amide bonds. The lowest BCUT2D eigenvalue weighted by molar-refractivity contribution is -0.137. The first kappa shape index (κ1) is 9.98. The van der Waals surface area contributed by atoms with Gasteiger partial charge in [0.15, 0.2) is 0 Å². The second kappa shape index (κ2) is 3.33. The van der Waals surface area contributed by atoms with Crippen LogP contribution in [0, 0.1) is 0 Å². The van der Waals surface area contributed by atoms with Gasteiger partial charge in [-0.05, 0) is 19.1 Å². The zero-order chi connectivity index (χ0) is 10.1. The van der Waals surface area contributed by atoms with Crippen LogP contribution in [0.5, 0.6) is 0 Å². The smallest absolute Gasteiger partial charge is 0.323 e. The van der Waals surface area contributed by atoms with Crippen LogP contribution < -0.4 is 5.73 Å². The van der Waals surface area contributed by atoms with Crippen molar-refractivity contribution < 1.29 is 13.2 Å². The Hall–Kier alpha value is -1.10. The molecule has 1 atom stereocenters. The van der Waals surface area contributed by atoms with Crippen LogP contribution in [0.1, 0.15) is 24.2 Å². The van der Waals surface area contributed by atoms with E-state index in [2.05, 4.69) is 4.98 Å². The van der Waals surface area contributed by atoms with Crippen LogP contribution in [0.15, 0.2) is 18.3 Å². The summed E-state index contributed by atoms with van der Waals surface area (Å²) in [4.78, 5) is 3.60. The highest BCUT2D eigenvalue weighted by atomic mass is 19.4. The third-order valence-corrected chi connectivity index (χ3v) is 1.58. The number of nitrogens with two attached hydrogens (primary N) is 1. The summed E-state index contributed by atoms with van der Waals surface area (Å²) in [5, 5.41) is 0. The van der Waals surface area contributed by atoms with Gasteiger partial charge in [0.05, 0.1) is 11.3 Å². The number of alkyl halides is 3. The lowest BCUT2D eigenvalue weighted by atomic mass is 10.2. The quantitative estimate of drug-likeness (QED) is 0.736. The minimum absolute atomic E-state index is 0.345. The van der Waals surface area contributed by atoms with Crippen molar-refractivity contribution >= 4 is 0 Å². The summed E-state index contributed by atoms with van der Waals surface area (Å²) in [6, 6.07) is 1.92. The van der Waals surface area contributed by atoms with Crippen molar-refractivity contribution in [2.75, 3.05) is 0 Å². The van der Waals surface area contributed by atoms with E-state index in [1.807, 2.05) is 0 Å². The van der Waals surface area contributed by atoms with Crippen LogP contribution >= 0.6 is 0 Å². The highest BCUT2D eigenvalue weighted by Crippen LogP contribution is 2.28. The molecule has 2 N–H and O–H groups in total. The van der Waals surface area contributed by atoms with E-state index < -0.39 is 11.7 Å². The summed E-state index contributed by atoms with van der Waals surface area (Å²) in [6.45, 7) is 1.66. The second-order valence-electron chi connectivity index (χ2n) is 2.76. The Bertz CT molecular complexity index is 276. The van der Waals surface area contributed by atoms with E-state index in [9.17, 15) is 13.2 Å². The molecule has 0 fully saturated rings. The van der Waals surface area contributed by atoms with E-state index in [0.29, 0.717) is 5.69 Å². The number of hydrogen-bond acceptors (Lipinski definition) is 2. The Kier molecular flexibility index (Phi) is 2.56. The Balaban J connectivity index is 2.94. The van der Waals surface area contributed by atoms with E-state index in [-0.39, 0.29) is 6.04 Å². The molecule has 5 heteroatoms. The van der Waals surface area contributed by atoms with Gasteiger partial charge >= 0.3 is 6.18 Å². The molecule has 72 valence electrons. The topological polar surface area (TPSA) is 38.9 Å². The first-order chi connectivity index (χ1) is 5.91. The average molecular weight is 190 g/mol. The van der Waals surface area contributed by atoms with Crippen molar-refractivity contribution in [1.29, 1.82) is 0 Å². The predicted octanol–water partition coefficient (Wildman–Crippen LogP) is 2.12. The molecule has 1 aromatic rings. The van der Waals surface area contributed by atoms with E-state index in [0.717, 1.165) is 12.3 Å². The van der Waals surface area contributed by atoms with Crippen molar-refractivity contribution in [3.05, 3.63) is 29.6 Å². The molecule has 0 aliphatic heterocycles. The SMILES string of the molecule is C[C@@H](N)c1ccc(C(F)(F)F)cn1. The molecule has 0 spiro atoms. The minimum Gasteiger partial charge on any atom is -0.323 e. The fourth-order valence-electron chi connectivity index (χ4n) is 0.842. The monoisotopic (exact) mass is 190 g/mol. The van der Waals surface area contributed by atoms with Gasteiger partial charge in [-0.25, -0.2) is 0 Å². The number of rotatable bonds is 1. The van der Waals surface area contributed by atoms with Gasteiger partial charge in [0, 0.05) is 12.2 Å². The van der Waals surface area contributed by atoms with Crippen molar-refractivity contribution in [1.82, 2.24) is 4.98 Å². The Morgan fingerprint density at radius 3 is 2.31 bits per heavy atom. The van der Waals surface area contributed by atoms with E-state index in [1.54, 1.807) is 6.92 Å². The van der Waals surface area contributed by atoms with Crippen LogP contribution in [0.2, 0.25) is 0 Å². The molecule has 0 aromatic carbocycles. The van der Waals surface area contributed by atoms with Gasteiger partial charge in [-0.1, -0.05) is 0 Å². The molecular formula is C8H9F3N2. The molecule has 1 rings (SSSR count). The van der Waals surface area contributed by atoms with E-state index >= 15 is 0 Å². The Labute approximate surface area is 73.6 Å². The molecule has 0 saturated heterocycles. The van der Waals surface area contributed by atoms with Gasteiger partial charge in [-0.2, -0.15) is 13.2 Å². The Morgan fingerprint density at radius 1 is 1.38 bits per heavy atom. The summed E-state index contributed by atoms with van der Waals surface area (Å²) in [5.41, 5.74) is 5.13. The van der Waals surface area contributed by atoms with Gasteiger partial charge in [-0.15, -0.1) is 0 Å². The standard InChI is InChI=1S/C8H9F3N2/c1-5(12)7-3-2-6(4-13-7)8(9,10)11/h2-5H,12H2,1H3/t5-/m1/s1. The van der Waals surface area contributed by atoms with Gasteiger partial charge in [0.2, 0.25) is 0 Å². The number of nitrogens with zero attached hydrogens (tertiary/aromatic N) is 1. The maximum absolute atomic E-state index is 12.0. The van der Waals surface area contributed by atoms with E-state index in [4.69, 9.17) is 5.73 Å². The molecule has 0 unspecified atom stereocenters. The molecule has 2 nitrogen and oxygen atoms in total. The van der Waals surface area contributed by atoms with Crippen LogP contribution in [-0.4, -0.2) is 4.98 Å². The zero-order valence-electron chi connectivity index (χ0n) is 6.97. The van der Waals surface area contributed by atoms with Gasteiger partial charge in [-0.3, -0.25) is 4.98 Å². The van der Waals surface area contributed by atoms with Crippen LogP contribution in [0.25, 0.3) is 0 Å². The fourth-order valence-corrected chi connectivity index (χ4v) is 0.842. The van der Waals surface area contributed by atoms with Crippen LogP contribution in [-0.2, 0) is 6.18 Å². The molecule has 0 bridgehead atoms. The molecule has 0 radical (unpaired) electrons. The second-order valence-corrected chi connectivity index (χ2v) is 2.76. The van der Waals surface area contributed by atoms with Crippen LogP contribution in [0.4, 0.5) is 13.2 Å². The molecule has 0 aliphatic carbocycles. The molecule has 0 saturated carbocycles. The maximum Gasteiger partial charge on any atom is 0.417 e. The number of aromatic nitrogens is 1. The molecule has 1 heterocycles. The van der Waals surface area contributed by atoms with Crippen molar-refractivity contribution in [2.45, 2.75) is 19.1 Å². The van der Waals surface area contributed by atoms with Crippen molar-refractivity contribution in [2.24, 2.45) is 5.73 Å². The number of hydrogen-bond donors (Lipinski definition) is 1. The fraction of sp³-hybridized carbons (Fsp3) is 0.375. The number of halogens is 3. The highest BCUT2D eigenvalue weighted by Gasteiger charge is 2.30. The van der Waals surface area contributed by atoms with Crippen molar-refractivity contribution in [3.63, 3.8) is 0 Å². The first-order valence-electron chi connectivity index (χ1n) is 3.70. The van der Waals surface area contributed by atoms with Gasteiger partial charge < -0.3 is 5.73 Å². The maximum atomic E-state index is 12.0. The van der Waals surface area contributed by atoms with Gasteiger partial charge in [0.1, 0.15) is 0 Å². The molecule has 13 heavy (non-hydrogen) atoms. The van der Waals surface area contributed by atoms with Gasteiger partial charge in [0.25, 0.3) is 0 Å². The molecule has 1 aromatic heterocycles. The third kappa shape index (κ3) is 2.42. The lowest BCUT2D eigenvalue weighted by Gasteiger charge is -2.08. The number of pyridine rings is 1. The molecule has 0 aliphatic rings. The van der Waals surface area contributed by atoms with Crippen LogP contribution in [0.3, 0.4) is 0 Å². The largest absolute Gasteiger partial charge is 0.417 e. The highest BCUT2D eigenvalue weighted by molar-refractivity contribution is 5.18.